The van der Waals surface area contributed by atoms with E-state index >= 15 is 0 Å². The summed E-state index contributed by atoms with van der Waals surface area (Å²) in [4.78, 5) is 9.94. The molecule has 1 atom stereocenters. The first-order chi connectivity index (χ1) is 10.1. The number of anilines is 1. The Morgan fingerprint density at radius 1 is 1.38 bits per heavy atom. The van der Waals surface area contributed by atoms with Crippen LogP contribution in [0.5, 0.6) is 0 Å². The van der Waals surface area contributed by atoms with Gasteiger partial charge in [-0.1, -0.05) is 31.5 Å². The van der Waals surface area contributed by atoms with Crippen molar-refractivity contribution in [2.45, 2.75) is 33.4 Å². The van der Waals surface area contributed by atoms with Gasteiger partial charge in [-0.2, -0.15) is 0 Å². The summed E-state index contributed by atoms with van der Waals surface area (Å²) in [5.41, 5.74) is 0. The number of thiophene rings is 1. The molecule has 1 unspecified atom stereocenters. The SMILES string of the molecule is CCOCc1nc(Cl)cc(NC(c2cccs2)C(C)C)n1. The summed E-state index contributed by atoms with van der Waals surface area (Å²) in [5, 5.41) is 5.97. The van der Waals surface area contributed by atoms with Crippen LogP contribution in [0.1, 0.15) is 37.5 Å². The fraction of sp³-hybridized carbons (Fsp3) is 0.467. The zero-order chi connectivity index (χ0) is 15.2. The van der Waals surface area contributed by atoms with E-state index < -0.39 is 0 Å². The lowest BCUT2D eigenvalue weighted by Crippen LogP contribution is -2.17. The molecule has 2 aromatic rings. The van der Waals surface area contributed by atoms with E-state index in [9.17, 15) is 0 Å². The van der Waals surface area contributed by atoms with Crippen LogP contribution in [0.2, 0.25) is 5.15 Å². The number of rotatable bonds is 7. The Morgan fingerprint density at radius 2 is 2.19 bits per heavy atom. The van der Waals surface area contributed by atoms with Crippen LogP contribution in [-0.2, 0) is 11.3 Å². The molecule has 4 nitrogen and oxygen atoms in total. The van der Waals surface area contributed by atoms with E-state index in [1.807, 2.05) is 6.92 Å². The monoisotopic (exact) mass is 325 g/mol. The first-order valence-electron chi connectivity index (χ1n) is 7.01. The van der Waals surface area contributed by atoms with Gasteiger partial charge < -0.3 is 10.1 Å². The van der Waals surface area contributed by atoms with Crippen LogP contribution >= 0.6 is 22.9 Å². The Balaban J connectivity index is 2.18. The lowest BCUT2D eigenvalue weighted by Gasteiger charge is -2.22. The number of hydrogen-bond donors (Lipinski definition) is 1. The Labute approximate surface area is 134 Å². The van der Waals surface area contributed by atoms with Crippen molar-refractivity contribution in [3.63, 3.8) is 0 Å². The van der Waals surface area contributed by atoms with Gasteiger partial charge in [-0.3, -0.25) is 0 Å². The lowest BCUT2D eigenvalue weighted by molar-refractivity contribution is 0.128. The molecule has 2 aromatic heterocycles. The normalized spacial score (nSPS) is 12.6. The lowest BCUT2D eigenvalue weighted by atomic mass is 10.0. The van der Waals surface area contributed by atoms with E-state index in [0.717, 1.165) is 5.82 Å². The van der Waals surface area contributed by atoms with Crippen molar-refractivity contribution >= 4 is 28.8 Å². The molecule has 1 N–H and O–H groups in total. The quantitative estimate of drug-likeness (QED) is 0.759. The number of aromatic nitrogens is 2. The summed E-state index contributed by atoms with van der Waals surface area (Å²) in [6.07, 6.45) is 0. The van der Waals surface area contributed by atoms with Crippen molar-refractivity contribution in [2.75, 3.05) is 11.9 Å². The van der Waals surface area contributed by atoms with Gasteiger partial charge in [0.1, 0.15) is 17.6 Å². The maximum Gasteiger partial charge on any atom is 0.158 e. The van der Waals surface area contributed by atoms with Gasteiger partial charge in [-0.05, 0) is 24.3 Å². The second kappa shape index (κ2) is 7.73. The zero-order valence-corrected chi connectivity index (χ0v) is 14.0. The van der Waals surface area contributed by atoms with E-state index in [1.165, 1.54) is 4.88 Å². The molecule has 0 aliphatic rings. The summed E-state index contributed by atoms with van der Waals surface area (Å²) >= 11 is 7.81. The van der Waals surface area contributed by atoms with E-state index in [-0.39, 0.29) is 6.04 Å². The van der Waals surface area contributed by atoms with E-state index in [4.69, 9.17) is 16.3 Å². The van der Waals surface area contributed by atoms with Gasteiger partial charge in [0.05, 0.1) is 6.04 Å². The average Bonchev–Trinajstić information content (AvgIpc) is 2.95. The highest BCUT2D eigenvalue weighted by molar-refractivity contribution is 7.10. The van der Waals surface area contributed by atoms with Crippen molar-refractivity contribution < 1.29 is 4.74 Å². The van der Waals surface area contributed by atoms with Crippen LogP contribution in [0.15, 0.2) is 23.6 Å². The Morgan fingerprint density at radius 3 is 2.81 bits per heavy atom. The van der Waals surface area contributed by atoms with Gasteiger partial charge in [0, 0.05) is 17.6 Å². The number of ether oxygens (including phenoxy) is 1. The highest BCUT2D eigenvalue weighted by atomic mass is 35.5. The summed E-state index contributed by atoms with van der Waals surface area (Å²) in [5.74, 6) is 1.77. The molecule has 21 heavy (non-hydrogen) atoms. The molecule has 0 radical (unpaired) electrons. The smallest absolute Gasteiger partial charge is 0.158 e. The van der Waals surface area contributed by atoms with E-state index in [2.05, 4.69) is 46.6 Å². The molecular formula is C15H20ClN3OS. The van der Waals surface area contributed by atoms with Crippen LogP contribution in [0.3, 0.4) is 0 Å². The molecule has 0 aromatic carbocycles. The molecular weight excluding hydrogens is 306 g/mol. The fourth-order valence-electron chi connectivity index (χ4n) is 1.99. The highest BCUT2D eigenvalue weighted by Gasteiger charge is 2.17. The predicted octanol–water partition coefficient (Wildman–Crippen LogP) is 4.54. The van der Waals surface area contributed by atoms with Crippen LogP contribution in [0.25, 0.3) is 0 Å². The highest BCUT2D eigenvalue weighted by Crippen LogP contribution is 2.29. The van der Waals surface area contributed by atoms with Gasteiger partial charge in [-0.25, -0.2) is 9.97 Å². The molecule has 0 amide bonds. The van der Waals surface area contributed by atoms with Gasteiger partial charge in [-0.15, -0.1) is 11.3 Å². The third-order valence-corrected chi connectivity index (χ3v) is 4.15. The second-order valence-corrected chi connectivity index (χ2v) is 6.38. The zero-order valence-electron chi connectivity index (χ0n) is 12.5. The van der Waals surface area contributed by atoms with Crippen LogP contribution in [-0.4, -0.2) is 16.6 Å². The Hall–Kier alpha value is -1.17. The molecule has 2 rings (SSSR count). The minimum atomic E-state index is 0.205. The third kappa shape index (κ3) is 4.66. The topological polar surface area (TPSA) is 47.0 Å². The van der Waals surface area contributed by atoms with Crippen molar-refractivity contribution in [3.05, 3.63) is 39.4 Å². The number of halogens is 1. The molecule has 2 heterocycles. The van der Waals surface area contributed by atoms with Crippen LogP contribution in [0, 0.1) is 5.92 Å². The summed E-state index contributed by atoms with van der Waals surface area (Å²) in [6, 6.07) is 6.15. The molecule has 0 fully saturated rings. The standard InChI is InChI=1S/C15H20ClN3OS/c1-4-20-9-14-17-12(16)8-13(18-14)19-15(10(2)3)11-6-5-7-21-11/h5-8,10,15H,4,9H2,1-3H3,(H,17,18,19). The molecule has 114 valence electrons. The average molecular weight is 326 g/mol. The molecule has 0 aliphatic heterocycles. The minimum Gasteiger partial charge on any atom is -0.374 e. The fourth-order valence-corrected chi connectivity index (χ4v) is 3.14. The maximum absolute atomic E-state index is 6.07. The molecule has 0 saturated carbocycles. The van der Waals surface area contributed by atoms with Crippen molar-refractivity contribution in [2.24, 2.45) is 5.92 Å². The predicted molar refractivity (Wildman–Crippen MR) is 87.9 cm³/mol. The van der Waals surface area contributed by atoms with Crippen molar-refractivity contribution in [1.82, 2.24) is 9.97 Å². The summed E-state index contributed by atoms with van der Waals surface area (Å²) in [6.45, 7) is 7.30. The van der Waals surface area contributed by atoms with Crippen LogP contribution in [0.4, 0.5) is 5.82 Å². The maximum atomic E-state index is 6.07. The second-order valence-electron chi connectivity index (χ2n) is 5.01. The van der Waals surface area contributed by atoms with Crippen molar-refractivity contribution in [3.8, 4) is 0 Å². The Kier molecular flexibility index (Phi) is 5.96. The molecule has 0 saturated heterocycles. The Bertz CT molecular complexity index is 560. The number of hydrogen-bond acceptors (Lipinski definition) is 5. The van der Waals surface area contributed by atoms with Gasteiger partial charge in [0.2, 0.25) is 0 Å². The summed E-state index contributed by atoms with van der Waals surface area (Å²) in [7, 11) is 0. The van der Waals surface area contributed by atoms with Gasteiger partial charge in [0.25, 0.3) is 0 Å². The van der Waals surface area contributed by atoms with Gasteiger partial charge in [0.15, 0.2) is 5.82 Å². The molecule has 0 aliphatic carbocycles. The summed E-state index contributed by atoms with van der Waals surface area (Å²) < 4.78 is 5.34. The first kappa shape index (κ1) is 16.2. The van der Waals surface area contributed by atoms with E-state index in [0.29, 0.717) is 30.1 Å². The number of nitrogens with one attached hydrogen (secondary N) is 1. The largest absolute Gasteiger partial charge is 0.374 e. The van der Waals surface area contributed by atoms with Crippen molar-refractivity contribution in [1.29, 1.82) is 0 Å². The molecule has 6 heteroatoms. The van der Waals surface area contributed by atoms with Gasteiger partial charge >= 0.3 is 0 Å². The third-order valence-electron chi connectivity index (χ3n) is 3.00. The first-order valence-corrected chi connectivity index (χ1v) is 8.27. The minimum absolute atomic E-state index is 0.205. The molecule has 0 spiro atoms. The van der Waals surface area contributed by atoms with E-state index in [1.54, 1.807) is 17.4 Å². The number of nitrogens with zero attached hydrogens (tertiary/aromatic N) is 2. The van der Waals surface area contributed by atoms with Crippen LogP contribution < -0.4 is 5.32 Å². The molecule has 0 bridgehead atoms.